The van der Waals surface area contributed by atoms with Crippen LogP contribution in [0.1, 0.15) is 6.92 Å². The zero-order valence-corrected chi connectivity index (χ0v) is 10.2. The fourth-order valence-corrected chi connectivity index (χ4v) is 1.99. The van der Waals surface area contributed by atoms with E-state index in [0.29, 0.717) is 18.8 Å². The average molecular weight is 274 g/mol. The predicted molar refractivity (Wildman–Crippen MR) is 62.9 cm³/mol. The van der Waals surface area contributed by atoms with Gasteiger partial charge in [0.2, 0.25) is 5.91 Å². The van der Waals surface area contributed by atoms with E-state index >= 15 is 0 Å². The van der Waals surface area contributed by atoms with Gasteiger partial charge in [-0.2, -0.15) is 0 Å². The number of halogens is 3. The van der Waals surface area contributed by atoms with Crippen LogP contribution in [0, 0.1) is 0 Å². The lowest BCUT2D eigenvalue weighted by Gasteiger charge is -2.34. The van der Waals surface area contributed by atoms with Gasteiger partial charge in [-0.15, -0.1) is 13.2 Å². The summed E-state index contributed by atoms with van der Waals surface area (Å²) in [7, 11) is 0. The van der Waals surface area contributed by atoms with Gasteiger partial charge in [-0.25, -0.2) is 0 Å². The molecule has 0 aromatic heterocycles. The maximum Gasteiger partial charge on any atom is 0.573 e. The second-order valence-electron chi connectivity index (χ2n) is 4.21. The van der Waals surface area contributed by atoms with Crippen molar-refractivity contribution in [3.63, 3.8) is 0 Å². The first-order valence-electron chi connectivity index (χ1n) is 5.77. The Morgan fingerprint density at radius 2 is 2.16 bits per heavy atom. The molecule has 1 aliphatic heterocycles. The molecule has 1 saturated heterocycles. The molecule has 19 heavy (non-hydrogen) atoms. The lowest BCUT2D eigenvalue weighted by atomic mass is 10.1. The molecule has 7 heteroatoms. The van der Waals surface area contributed by atoms with E-state index < -0.39 is 12.4 Å². The van der Waals surface area contributed by atoms with Crippen molar-refractivity contribution >= 4 is 11.6 Å². The van der Waals surface area contributed by atoms with Crippen molar-refractivity contribution < 1.29 is 22.7 Å². The number of alkyl halides is 3. The number of benzene rings is 1. The highest BCUT2D eigenvalue weighted by atomic mass is 19.4. The van der Waals surface area contributed by atoms with Crippen molar-refractivity contribution in [2.24, 2.45) is 0 Å². The van der Waals surface area contributed by atoms with E-state index in [1.807, 2.05) is 0 Å². The molecule has 0 spiro atoms. The van der Waals surface area contributed by atoms with Gasteiger partial charge in [-0.1, -0.05) is 6.07 Å². The highest BCUT2D eigenvalue weighted by molar-refractivity contribution is 5.86. The number of amides is 1. The van der Waals surface area contributed by atoms with Gasteiger partial charge in [-0.05, 0) is 19.1 Å². The molecule has 1 fully saturated rings. The van der Waals surface area contributed by atoms with Crippen LogP contribution in [0.25, 0.3) is 0 Å². The molecule has 1 amide bonds. The molecule has 0 bridgehead atoms. The van der Waals surface area contributed by atoms with Crippen LogP contribution in [0.2, 0.25) is 0 Å². The maximum absolute atomic E-state index is 12.2. The summed E-state index contributed by atoms with van der Waals surface area (Å²) in [5.74, 6) is -0.434. The third-order valence-electron chi connectivity index (χ3n) is 2.88. The van der Waals surface area contributed by atoms with Crippen LogP contribution in [0.5, 0.6) is 5.75 Å². The third-order valence-corrected chi connectivity index (χ3v) is 2.88. The quantitative estimate of drug-likeness (QED) is 0.895. The number of anilines is 1. The molecule has 1 heterocycles. The Morgan fingerprint density at radius 3 is 2.84 bits per heavy atom. The number of piperazine rings is 1. The Morgan fingerprint density at radius 1 is 1.42 bits per heavy atom. The molecular weight excluding hydrogens is 261 g/mol. The largest absolute Gasteiger partial charge is 0.573 e. The number of hydrogen-bond acceptors (Lipinski definition) is 3. The van der Waals surface area contributed by atoms with Crippen molar-refractivity contribution in [2.75, 3.05) is 18.0 Å². The number of rotatable bonds is 2. The maximum atomic E-state index is 12.2. The standard InChI is InChI=1S/C12H13F3N2O2/c1-8-11(18)16-5-6-17(8)9-3-2-4-10(7-9)19-12(13,14)15/h2-4,7-8H,5-6H2,1H3,(H,16,18). The van der Waals surface area contributed by atoms with Gasteiger partial charge in [0.15, 0.2) is 0 Å². The molecule has 0 radical (unpaired) electrons. The van der Waals surface area contributed by atoms with Crippen molar-refractivity contribution in [3.05, 3.63) is 24.3 Å². The molecule has 1 aromatic rings. The first-order chi connectivity index (χ1) is 8.87. The van der Waals surface area contributed by atoms with E-state index in [2.05, 4.69) is 10.1 Å². The van der Waals surface area contributed by atoms with E-state index in [1.165, 1.54) is 18.2 Å². The van der Waals surface area contributed by atoms with E-state index in [-0.39, 0.29) is 11.7 Å². The molecule has 1 unspecified atom stereocenters. The molecule has 0 saturated carbocycles. The fourth-order valence-electron chi connectivity index (χ4n) is 1.99. The SMILES string of the molecule is CC1C(=O)NCCN1c1cccc(OC(F)(F)F)c1. The summed E-state index contributed by atoms with van der Waals surface area (Å²) in [6.07, 6.45) is -4.72. The highest BCUT2D eigenvalue weighted by Crippen LogP contribution is 2.28. The van der Waals surface area contributed by atoms with Crippen LogP contribution < -0.4 is 15.0 Å². The molecule has 1 aliphatic rings. The lowest BCUT2D eigenvalue weighted by Crippen LogP contribution is -2.54. The molecule has 104 valence electrons. The average Bonchev–Trinajstić information content (AvgIpc) is 2.31. The van der Waals surface area contributed by atoms with Gasteiger partial charge in [0.05, 0.1) is 0 Å². The van der Waals surface area contributed by atoms with Gasteiger partial charge in [-0.3, -0.25) is 4.79 Å². The minimum Gasteiger partial charge on any atom is -0.406 e. The Hall–Kier alpha value is -1.92. The van der Waals surface area contributed by atoms with Crippen molar-refractivity contribution in [1.82, 2.24) is 5.32 Å². The Labute approximate surface area is 108 Å². The molecule has 1 N–H and O–H groups in total. The zero-order valence-electron chi connectivity index (χ0n) is 10.2. The fraction of sp³-hybridized carbons (Fsp3) is 0.417. The van der Waals surface area contributed by atoms with Crippen LogP contribution in [0.3, 0.4) is 0 Å². The van der Waals surface area contributed by atoms with Gasteiger partial charge < -0.3 is 15.0 Å². The number of hydrogen-bond donors (Lipinski definition) is 1. The van der Waals surface area contributed by atoms with Gasteiger partial charge in [0.25, 0.3) is 0 Å². The van der Waals surface area contributed by atoms with Crippen LogP contribution in [0.4, 0.5) is 18.9 Å². The monoisotopic (exact) mass is 274 g/mol. The summed E-state index contributed by atoms with van der Waals surface area (Å²) in [4.78, 5) is 13.3. The molecule has 1 aromatic carbocycles. The topological polar surface area (TPSA) is 41.6 Å². The highest BCUT2D eigenvalue weighted by Gasteiger charge is 2.32. The lowest BCUT2D eigenvalue weighted by molar-refractivity contribution is -0.274. The number of carbonyl (C=O) groups is 1. The zero-order chi connectivity index (χ0) is 14.0. The van der Waals surface area contributed by atoms with Crippen LogP contribution >= 0.6 is 0 Å². The summed E-state index contributed by atoms with van der Waals surface area (Å²) in [6.45, 7) is 2.71. The summed E-state index contributed by atoms with van der Waals surface area (Å²) in [5, 5.41) is 2.69. The Kier molecular flexibility index (Phi) is 3.55. The number of nitrogens with zero attached hydrogens (tertiary/aromatic N) is 1. The van der Waals surface area contributed by atoms with Crippen molar-refractivity contribution in [2.45, 2.75) is 19.3 Å². The Balaban J connectivity index is 2.20. The van der Waals surface area contributed by atoms with E-state index in [0.717, 1.165) is 0 Å². The van der Waals surface area contributed by atoms with E-state index in [9.17, 15) is 18.0 Å². The smallest absolute Gasteiger partial charge is 0.406 e. The summed E-state index contributed by atoms with van der Waals surface area (Å²) >= 11 is 0. The first-order valence-corrected chi connectivity index (χ1v) is 5.77. The van der Waals surface area contributed by atoms with Crippen molar-refractivity contribution in [1.29, 1.82) is 0 Å². The van der Waals surface area contributed by atoms with Gasteiger partial charge >= 0.3 is 6.36 Å². The molecule has 2 rings (SSSR count). The second kappa shape index (κ2) is 4.99. The minimum absolute atomic E-state index is 0.145. The second-order valence-corrected chi connectivity index (χ2v) is 4.21. The predicted octanol–water partition coefficient (Wildman–Crippen LogP) is 1.91. The number of carbonyl (C=O) groups excluding carboxylic acids is 1. The van der Waals surface area contributed by atoms with Crippen LogP contribution in [0.15, 0.2) is 24.3 Å². The van der Waals surface area contributed by atoms with Crippen LogP contribution in [-0.2, 0) is 4.79 Å². The number of nitrogens with one attached hydrogen (secondary N) is 1. The summed E-state index contributed by atoms with van der Waals surface area (Å²) < 4.78 is 40.3. The summed E-state index contributed by atoms with van der Waals surface area (Å²) in [6, 6.07) is 5.21. The molecule has 1 atom stereocenters. The summed E-state index contributed by atoms with van der Waals surface area (Å²) in [5.41, 5.74) is 0.532. The van der Waals surface area contributed by atoms with Crippen molar-refractivity contribution in [3.8, 4) is 5.75 Å². The molecule has 4 nitrogen and oxygen atoms in total. The minimum atomic E-state index is -4.72. The first kappa shape index (κ1) is 13.5. The Bertz CT molecular complexity index is 476. The van der Waals surface area contributed by atoms with Crippen LogP contribution in [-0.4, -0.2) is 31.4 Å². The van der Waals surface area contributed by atoms with E-state index in [1.54, 1.807) is 17.9 Å². The number of ether oxygens (including phenoxy) is 1. The van der Waals surface area contributed by atoms with Gasteiger partial charge in [0, 0.05) is 24.8 Å². The van der Waals surface area contributed by atoms with E-state index in [4.69, 9.17) is 0 Å². The van der Waals surface area contributed by atoms with Gasteiger partial charge in [0.1, 0.15) is 11.8 Å². The molecule has 0 aliphatic carbocycles. The molecular formula is C12H13F3N2O2. The third kappa shape index (κ3) is 3.30. The normalized spacial score (nSPS) is 20.1.